The van der Waals surface area contributed by atoms with E-state index in [0.717, 1.165) is 5.56 Å². The summed E-state index contributed by atoms with van der Waals surface area (Å²) in [4.78, 5) is 31.3. The average Bonchev–Trinajstić information content (AvgIpc) is 3.24. The van der Waals surface area contributed by atoms with Gasteiger partial charge in [-0.25, -0.2) is 0 Å². The number of rotatable bonds is 4. The molecule has 0 radical (unpaired) electrons. The van der Waals surface area contributed by atoms with E-state index in [1.165, 1.54) is 4.90 Å². The number of anilines is 1. The van der Waals surface area contributed by atoms with Crippen LogP contribution in [-0.4, -0.2) is 52.4 Å². The van der Waals surface area contributed by atoms with Gasteiger partial charge in [-0.05, 0) is 37.6 Å². The minimum atomic E-state index is -1.14. The van der Waals surface area contributed by atoms with Gasteiger partial charge >= 0.3 is 0 Å². The van der Waals surface area contributed by atoms with Crippen LogP contribution in [0, 0.1) is 11.8 Å². The van der Waals surface area contributed by atoms with Crippen molar-refractivity contribution in [3.63, 3.8) is 0 Å². The Morgan fingerprint density at radius 2 is 2.03 bits per heavy atom. The largest absolute Gasteiger partial charge is 0.489 e. The highest BCUT2D eigenvalue weighted by atomic mass is 16.5. The van der Waals surface area contributed by atoms with E-state index in [2.05, 4.69) is 27.3 Å². The van der Waals surface area contributed by atoms with Crippen LogP contribution in [0.5, 0.6) is 5.75 Å². The molecule has 0 saturated carbocycles. The molecular formula is C25H24N4O5. The number of carbonyl (C=O) groups excluding carboxylic acids is 2. The number of aliphatic hydroxyl groups is 1. The number of nitrogens with zero attached hydrogens (tertiary/aromatic N) is 3. The van der Waals surface area contributed by atoms with Crippen molar-refractivity contribution in [3.05, 3.63) is 71.4 Å². The first-order chi connectivity index (χ1) is 16.2. The van der Waals surface area contributed by atoms with Gasteiger partial charge in [0.1, 0.15) is 24.0 Å². The van der Waals surface area contributed by atoms with E-state index >= 15 is 0 Å². The van der Waals surface area contributed by atoms with Crippen molar-refractivity contribution >= 4 is 17.5 Å². The number of hydrogen-bond acceptors (Lipinski definition) is 7. The summed E-state index contributed by atoms with van der Waals surface area (Å²) in [5.41, 5.74) is 0.950. The molecule has 2 N–H and O–H groups in total. The van der Waals surface area contributed by atoms with Gasteiger partial charge in [0.25, 0.3) is 17.6 Å². The number of nitrogens with one attached hydrogen (secondary N) is 1. The van der Waals surface area contributed by atoms with Gasteiger partial charge in [-0.15, -0.1) is 0 Å². The Bertz CT molecular complexity index is 1270. The van der Waals surface area contributed by atoms with E-state index in [-0.39, 0.29) is 18.3 Å². The van der Waals surface area contributed by atoms with Crippen LogP contribution >= 0.6 is 0 Å². The first-order valence-corrected chi connectivity index (χ1v) is 10.7. The van der Waals surface area contributed by atoms with E-state index in [0.29, 0.717) is 29.3 Å². The van der Waals surface area contributed by atoms with E-state index in [1.807, 2.05) is 30.3 Å². The Hall–Kier alpha value is -4.16. The molecule has 1 atom stereocenters. The lowest BCUT2D eigenvalue weighted by molar-refractivity contribution is -0.120. The quantitative estimate of drug-likeness (QED) is 0.571. The number of benzene rings is 2. The van der Waals surface area contributed by atoms with Crippen LogP contribution in [-0.2, 0) is 11.2 Å². The molecule has 0 fully saturated rings. The summed E-state index contributed by atoms with van der Waals surface area (Å²) in [6.07, 6.45) is 0.392. The minimum absolute atomic E-state index is 0.0642. The normalized spacial score (nSPS) is 15.5. The maximum Gasteiger partial charge on any atom is 0.293 e. The second-order valence-corrected chi connectivity index (χ2v) is 8.40. The van der Waals surface area contributed by atoms with Gasteiger partial charge in [-0.1, -0.05) is 47.3 Å². The molecule has 174 valence electrons. The highest BCUT2D eigenvalue weighted by Gasteiger charge is 2.32. The summed E-state index contributed by atoms with van der Waals surface area (Å²) in [6.45, 7) is 3.11. The molecule has 1 aromatic heterocycles. The summed E-state index contributed by atoms with van der Waals surface area (Å²) >= 11 is 0. The van der Waals surface area contributed by atoms with Crippen LogP contribution in [0.15, 0.2) is 53.1 Å². The van der Waals surface area contributed by atoms with Crippen LogP contribution in [0.2, 0.25) is 0 Å². The molecular weight excluding hydrogens is 436 g/mol. The number of likely N-dealkylation sites (N-methyl/N-ethyl adjacent to an activating group) is 1. The Balaban J connectivity index is 1.46. The molecule has 3 aromatic rings. The van der Waals surface area contributed by atoms with E-state index in [1.54, 1.807) is 39.1 Å². The maximum absolute atomic E-state index is 13.0. The molecule has 34 heavy (non-hydrogen) atoms. The topological polar surface area (TPSA) is 118 Å². The smallest absolute Gasteiger partial charge is 0.293 e. The number of aromatic nitrogens is 2. The van der Waals surface area contributed by atoms with Crippen molar-refractivity contribution in [2.24, 2.45) is 0 Å². The lowest BCUT2D eigenvalue weighted by Gasteiger charge is -2.20. The molecule has 2 aromatic carbocycles. The third-order valence-electron chi connectivity index (χ3n) is 5.04. The highest BCUT2D eigenvalue weighted by Crippen LogP contribution is 2.31. The number of fused-ring (bicyclic) bond motifs is 1. The molecule has 4 rings (SSSR count). The van der Waals surface area contributed by atoms with E-state index in [4.69, 9.17) is 9.26 Å². The molecule has 0 aliphatic carbocycles. The van der Waals surface area contributed by atoms with Crippen molar-refractivity contribution < 1.29 is 24.0 Å². The summed E-state index contributed by atoms with van der Waals surface area (Å²) in [7, 11) is 1.59. The van der Waals surface area contributed by atoms with Crippen molar-refractivity contribution in [1.29, 1.82) is 0 Å². The molecule has 9 heteroatoms. The number of hydrogen-bond donors (Lipinski definition) is 2. The zero-order valence-electron chi connectivity index (χ0n) is 19.0. The van der Waals surface area contributed by atoms with Crippen LogP contribution in [0.4, 0.5) is 5.69 Å². The van der Waals surface area contributed by atoms with E-state index < -0.39 is 17.6 Å². The fourth-order valence-electron chi connectivity index (χ4n) is 3.32. The lowest BCUT2D eigenvalue weighted by Crippen LogP contribution is -2.49. The molecule has 0 bridgehead atoms. The molecule has 2 amide bonds. The predicted octanol–water partition coefficient (Wildman–Crippen LogP) is 1.94. The van der Waals surface area contributed by atoms with Crippen molar-refractivity contribution in [2.45, 2.75) is 31.9 Å². The number of ether oxygens (including phenoxy) is 1. The Kier molecular flexibility index (Phi) is 6.34. The summed E-state index contributed by atoms with van der Waals surface area (Å²) < 4.78 is 11.0. The summed E-state index contributed by atoms with van der Waals surface area (Å²) in [6, 6.07) is 13.7. The van der Waals surface area contributed by atoms with Gasteiger partial charge < -0.3 is 24.6 Å². The second-order valence-electron chi connectivity index (χ2n) is 8.40. The van der Waals surface area contributed by atoms with Crippen LogP contribution < -0.4 is 15.0 Å². The molecule has 0 saturated heterocycles. The summed E-state index contributed by atoms with van der Waals surface area (Å²) in [5.74, 6) is 5.23. The molecule has 0 spiro atoms. The third kappa shape index (κ3) is 5.42. The molecule has 2 heterocycles. The summed E-state index contributed by atoms with van der Waals surface area (Å²) in [5, 5.41) is 16.2. The van der Waals surface area contributed by atoms with Crippen LogP contribution in [0.3, 0.4) is 0 Å². The SMILES string of the molecule is CN1C(=O)[C@@H](NC(=O)c2noc(Cc3ccccc3)n2)COc2ccc(C#CC(C)(C)O)cc21. The van der Waals surface area contributed by atoms with Gasteiger partial charge in [0.2, 0.25) is 5.89 Å². The zero-order chi connectivity index (χ0) is 24.3. The minimum Gasteiger partial charge on any atom is -0.489 e. The van der Waals surface area contributed by atoms with Gasteiger partial charge in [0, 0.05) is 12.6 Å². The van der Waals surface area contributed by atoms with Gasteiger partial charge in [-0.2, -0.15) is 4.98 Å². The monoisotopic (exact) mass is 460 g/mol. The second kappa shape index (κ2) is 9.37. The van der Waals surface area contributed by atoms with Crippen molar-refractivity contribution in [1.82, 2.24) is 15.5 Å². The van der Waals surface area contributed by atoms with Crippen LogP contribution in [0.1, 0.15) is 41.5 Å². The van der Waals surface area contributed by atoms with E-state index in [9.17, 15) is 14.7 Å². The fourth-order valence-corrected chi connectivity index (χ4v) is 3.32. The fraction of sp³-hybridized carbons (Fsp3) is 0.280. The predicted molar refractivity (Wildman–Crippen MR) is 123 cm³/mol. The Labute approximate surface area is 196 Å². The molecule has 0 unspecified atom stereocenters. The zero-order valence-corrected chi connectivity index (χ0v) is 19.0. The molecule has 9 nitrogen and oxygen atoms in total. The van der Waals surface area contributed by atoms with Crippen molar-refractivity contribution in [3.8, 4) is 17.6 Å². The maximum atomic E-state index is 13.0. The Morgan fingerprint density at radius 1 is 1.26 bits per heavy atom. The first-order valence-electron chi connectivity index (χ1n) is 10.7. The van der Waals surface area contributed by atoms with Crippen LogP contribution in [0.25, 0.3) is 0 Å². The molecule has 1 aliphatic heterocycles. The Morgan fingerprint density at radius 3 is 2.76 bits per heavy atom. The first kappa shape index (κ1) is 23.0. The number of carbonyl (C=O) groups is 2. The average molecular weight is 460 g/mol. The lowest BCUT2D eigenvalue weighted by atomic mass is 10.1. The van der Waals surface area contributed by atoms with Gasteiger partial charge in [0.05, 0.1) is 12.1 Å². The van der Waals surface area contributed by atoms with Crippen molar-refractivity contribution in [2.75, 3.05) is 18.6 Å². The number of amides is 2. The molecule has 1 aliphatic rings. The van der Waals surface area contributed by atoms with Gasteiger partial charge in [0.15, 0.2) is 0 Å². The third-order valence-corrected chi connectivity index (χ3v) is 5.04. The standard InChI is InChI=1S/C25H24N4O5/c1-25(2,32)12-11-17-9-10-20-19(13-17)29(3)24(31)18(15-33-20)26-23(30)22-27-21(34-28-22)14-16-7-5-4-6-8-16/h4-10,13,18,32H,14-15H2,1-3H3,(H,26,30)/t18-/m0/s1. The van der Waals surface area contributed by atoms with Gasteiger partial charge in [-0.3, -0.25) is 9.59 Å². The highest BCUT2D eigenvalue weighted by molar-refractivity contribution is 6.02.